The van der Waals surface area contributed by atoms with Gasteiger partial charge in [0.05, 0.1) is 5.55 Å². The molecule has 0 radical (unpaired) electrons. The molecule has 0 aromatic rings. The van der Waals surface area contributed by atoms with Crippen LogP contribution in [0.4, 0.5) is 0 Å². The summed E-state index contributed by atoms with van der Waals surface area (Å²) in [7, 11) is 0. The summed E-state index contributed by atoms with van der Waals surface area (Å²) in [6.45, 7) is 2.01. The summed E-state index contributed by atoms with van der Waals surface area (Å²) in [5.41, 5.74) is 1.15. The van der Waals surface area contributed by atoms with Gasteiger partial charge in [0.15, 0.2) is 0 Å². The molecule has 5 heavy (non-hydrogen) atoms. The van der Waals surface area contributed by atoms with Gasteiger partial charge in [0, 0.05) is 0 Å². The Balaban J connectivity index is 2.62. The fourth-order valence-corrected chi connectivity index (χ4v) is 0.245. The SMILES string of the molecule is CC[SH]=CO. The van der Waals surface area contributed by atoms with Crippen LogP contribution in [0.3, 0.4) is 0 Å². The van der Waals surface area contributed by atoms with Crippen molar-refractivity contribution in [1.29, 1.82) is 0 Å². The summed E-state index contributed by atoms with van der Waals surface area (Å²) < 4.78 is 0. The minimum absolute atomic E-state index is 1.01. The summed E-state index contributed by atoms with van der Waals surface area (Å²) in [5.74, 6) is 1.01. The van der Waals surface area contributed by atoms with Gasteiger partial charge < -0.3 is 5.11 Å². The fraction of sp³-hybridized carbons (Fsp3) is 0.667. The molecule has 0 rings (SSSR count). The van der Waals surface area contributed by atoms with Crippen molar-refractivity contribution in [1.82, 2.24) is 0 Å². The minimum Gasteiger partial charge on any atom is -0.363 e. The maximum absolute atomic E-state index is 7.93. The van der Waals surface area contributed by atoms with E-state index in [9.17, 15) is 0 Å². The Kier molecular flexibility index (Phi) is 4.33. The van der Waals surface area contributed by atoms with Gasteiger partial charge in [-0.3, -0.25) is 0 Å². The standard InChI is InChI=1S/C3H8OS/c1-2-5-3-4/h3-5H,2H2,1H3. The molecular formula is C3H8OS. The molecule has 0 aliphatic rings. The zero-order valence-electron chi connectivity index (χ0n) is 3.18. The molecule has 0 atom stereocenters. The minimum atomic E-state index is 1.01. The fourth-order valence-electron chi connectivity index (χ4n) is 0.0816. The molecule has 1 N–H and O–H groups in total. The van der Waals surface area contributed by atoms with Crippen LogP contribution in [0.15, 0.2) is 0 Å². The van der Waals surface area contributed by atoms with Gasteiger partial charge in [-0.1, -0.05) is 6.92 Å². The number of thiol groups is 1. The predicted molar refractivity (Wildman–Crippen MR) is 28.2 cm³/mol. The molecule has 1 nitrogen and oxygen atoms in total. The second kappa shape index (κ2) is 4.18. The highest BCUT2D eigenvalue weighted by Crippen LogP contribution is 1.74. The molecule has 0 saturated carbocycles. The summed E-state index contributed by atoms with van der Waals surface area (Å²) in [6, 6.07) is 0. The van der Waals surface area contributed by atoms with Gasteiger partial charge in [0.25, 0.3) is 0 Å². The van der Waals surface area contributed by atoms with Crippen molar-refractivity contribution < 1.29 is 5.11 Å². The quantitative estimate of drug-likeness (QED) is 0.362. The number of hydrogen-bond acceptors (Lipinski definition) is 0. The third kappa shape index (κ3) is 4.18. The highest BCUT2D eigenvalue weighted by Gasteiger charge is 1.51. The van der Waals surface area contributed by atoms with Gasteiger partial charge in [-0.05, 0) is 5.75 Å². The average Bonchev–Trinajstić information content (AvgIpc) is 1.41. The maximum Gasteiger partial charge on any atom is 0.0560 e. The number of rotatable bonds is 1. The monoisotopic (exact) mass is 92.0 g/mol. The van der Waals surface area contributed by atoms with Crippen molar-refractivity contribution >= 4 is 16.9 Å². The lowest BCUT2D eigenvalue weighted by Crippen LogP contribution is -1.58. The highest BCUT2D eigenvalue weighted by molar-refractivity contribution is 7.97. The van der Waals surface area contributed by atoms with E-state index >= 15 is 0 Å². The zero-order valence-corrected chi connectivity index (χ0v) is 4.07. The van der Waals surface area contributed by atoms with Gasteiger partial charge in [0.2, 0.25) is 0 Å². The Morgan fingerprint density at radius 1 is 2.00 bits per heavy atom. The number of aliphatic hydroxyl groups is 1. The van der Waals surface area contributed by atoms with Crippen molar-refractivity contribution in [2.75, 3.05) is 5.75 Å². The first-order valence-electron chi connectivity index (χ1n) is 1.54. The molecule has 0 heterocycles. The summed E-state index contributed by atoms with van der Waals surface area (Å²) >= 11 is 1.01. The lowest BCUT2D eigenvalue weighted by molar-refractivity contribution is 0.593. The molecule has 0 unspecified atom stereocenters. The second-order valence-electron chi connectivity index (χ2n) is 0.614. The van der Waals surface area contributed by atoms with Crippen LogP contribution in [-0.4, -0.2) is 16.4 Å². The largest absolute Gasteiger partial charge is 0.363 e. The molecule has 0 fully saturated rings. The van der Waals surface area contributed by atoms with E-state index < -0.39 is 0 Å². The van der Waals surface area contributed by atoms with Gasteiger partial charge >= 0.3 is 0 Å². The predicted octanol–water partition coefficient (Wildman–Crippen LogP) is 0.789. The summed E-state index contributed by atoms with van der Waals surface area (Å²) in [4.78, 5) is 0. The molecule has 0 aromatic heterocycles. The highest BCUT2D eigenvalue weighted by atomic mass is 32.1. The molecule has 0 spiro atoms. The van der Waals surface area contributed by atoms with Gasteiger partial charge in [-0.25, -0.2) is 0 Å². The molecule has 0 aliphatic heterocycles. The molecule has 32 valence electrons. The zero-order chi connectivity index (χ0) is 4.12. The molecular weight excluding hydrogens is 84.1 g/mol. The van der Waals surface area contributed by atoms with Crippen molar-refractivity contribution in [3.63, 3.8) is 0 Å². The van der Waals surface area contributed by atoms with Crippen LogP contribution in [0.5, 0.6) is 0 Å². The normalized spacial score (nSPS) is 11.6. The summed E-state index contributed by atoms with van der Waals surface area (Å²) in [5, 5.41) is 7.93. The van der Waals surface area contributed by atoms with E-state index in [1.807, 2.05) is 6.92 Å². The Bertz CT molecular complexity index is 33.9. The van der Waals surface area contributed by atoms with E-state index in [1.54, 1.807) is 0 Å². The molecule has 2 heteroatoms. The Morgan fingerprint density at radius 3 is 2.60 bits per heavy atom. The van der Waals surface area contributed by atoms with Crippen molar-refractivity contribution in [2.45, 2.75) is 6.92 Å². The first-order chi connectivity index (χ1) is 2.41. The Hall–Kier alpha value is 0.180. The van der Waals surface area contributed by atoms with Gasteiger partial charge in [0.1, 0.15) is 0 Å². The smallest absolute Gasteiger partial charge is 0.0560 e. The molecule has 0 amide bonds. The number of hydrogen-bond donors (Lipinski definition) is 2. The maximum atomic E-state index is 7.93. The van der Waals surface area contributed by atoms with Crippen molar-refractivity contribution in [3.05, 3.63) is 0 Å². The van der Waals surface area contributed by atoms with E-state index in [0.29, 0.717) is 0 Å². The van der Waals surface area contributed by atoms with E-state index in [-0.39, 0.29) is 0 Å². The molecule has 0 bridgehead atoms. The first-order valence-corrected chi connectivity index (χ1v) is 2.69. The van der Waals surface area contributed by atoms with E-state index in [4.69, 9.17) is 5.11 Å². The van der Waals surface area contributed by atoms with Gasteiger partial charge in [-0.15, -0.1) is 0 Å². The van der Waals surface area contributed by atoms with Crippen LogP contribution in [0.2, 0.25) is 0 Å². The molecule has 0 aromatic carbocycles. The topological polar surface area (TPSA) is 20.2 Å². The summed E-state index contributed by atoms with van der Waals surface area (Å²) in [6.07, 6.45) is 0. The molecule has 0 saturated heterocycles. The lowest BCUT2D eigenvalue weighted by atomic mass is 11.0. The van der Waals surface area contributed by atoms with Crippen LogP contribution in [0, 0.1) is 0 Å². The molecule has 0 aliphatic carbocycles. The van der Waals surface area contributed by atoms with Crippen molar-refractivity contribution in [3.8, 4) is 0 Å². The van der Waals surface area contributed by atoms with Crippen LogP contribution < -0.4 is 0 Å². The van der Waals surface area contributed by atoms with Crippen LogP contribution >= 0.6 is 11.4 Å². The Morgan fingerprint density at radius 2 is 2.60 bits per heavy atom. The average molecular weight is 92.2 g/mol. The van der Waals surface area contributed by atoms with E-state index in [1.165, 1.54) is 0 Å². The third-order valence-electron chi connectivity index (χ3n) is 0.264. The van der Waals surface area contributed by atoms with Gasteiger partial charge in [-0.2, -0.15) is 11.4 Å². The van der Waals surface area contributed by atoms with Crippen LogP contribution in [0.25, 0.3) is 0 Å². The Labute approximate surface area is 35.6 Å². The number of aliphatic hydroxyl groups excluding tert-OH is 1. The van der Waals surface area contributed by atoms with E-state index in [2.05, 4.69) is 0 Å². The second-order valence-corrected chi connectivity index (χ2v) is 1.84. The first kappa shape index (κ1) is 5.18. The van der Waals surface area contributed by atoms with Crippen LogP contribution in [0.1, 0.15) is 6.92 Å². The lowest BCUT2D eigenvalue weighted by Gasteiger charge is -1.67. The third-order valence-corrected chi connectivity index (χ3v) is 0.793. The van der Waals surface area contributed by atoms with E-state index in [0.717, 1.165) is 22.7 Å². The van der Waals surface area contributed by atoms with Crippen LogP contribution in [-0.2, 0) is 0 Å². The van der Waals surface area contributed by atoms with Crippen molar-refractivity contribution in [2.24, 2.45) is 0 Å².